The molecule has 1 saturated carbocycles. The van der Waals surface area contributed by atoms with Crippen molar-refractivity contribution in [1.29, 1.82) is 0 Å². The minimum absolute atomic E-state index is 0.242. The molecule has 27 heavy (non-hydrogen) atoms. The maximum Gasteiger partial charge on any atom is 0.145 e. The van der Waals surface area contributed by atoms with E-state index in [4.69, 9.17) is 32.5 Å². The van der Waals surface area contributed by atoms with Crippen molar-refractivity contribution in [2.24, 2.45) is 0 Å². The second kappa shape index (κ2) is 7.37. The van der Waals surface area contributed by atoms with Gasteiger partial charge in [0.05, 0.1) is 22.8 Å². The number of rotatable bonds is 5. The lowest BCUT2D eigenvalue weighted by atomic mass is 10.0. The lowest BCUT2D eigenvalue weighted by Crippen LogP contribution is -2.47. The van der Waals surface area contributed by atoms with Gasteiger partial charge < -0.3 is 14.6 Å². The summed E-state index contributed by atoms with van der Waals surface area (Å²) >= 11 is 12.9. The number of piperazine rings is 1. The van der Waals surface area contributed by atoms with Crippen molar-refractivity contribution in [3.8, 4) is 11.3 Å². The predicted octanol–water partition coefficient (Wildman–Crippen LogP) is 4.09. The summed E-state index contributed by atoms with van der Waals surface area (Å²) in [6.07, 6.45) is 3.59. The van der Waals surface area contributed by atoms with Crippen molar-refractivity contribution in [2.45, 2.75) is 43.9 Å². The Morgan fingerprint density at radius 1 is 1.26 bits per heavy atom. The molecule has 1 aliphatic carbocycles. The van der Waals surface area contributed by atoms with Crippen LogP contribution in [0.3, 0.4) is 0 Å². The quantitative estimate of drug-likeness (QED) is 0.808. The Labute approximate surface area is 168 Å². The van der Waals surface area contributed by atoms with E-state index in [1.165, 1.54) is 0 Å². The van der Waals surface area contributed by atoms with Crippen LogP contribution in [0.15, 0.2) is 22.7 Å². The summed E-state index contributed by atoms with van der Waals surface area (Å²) in [5.74, 6) is 1.39. The molecule has 5 rings (SSSR count). The van der Waals surface area contributed by atoms with E-state index < -0.39 is 0 Å². The molecule has 0 bridgehead atoms. The maximum absolute atomic E-state index is 6.43. The Hall–Kier alpha value is -1.11. The van der Waals surface area contributed by atoms with Gasteiger partial charge in [0.25, 0.3) is 0 Å². The molecule has 2 aliphatic heterocycles. The molecule has 2 atom stereocenters. The van der Waals surface area contributed by atoms with Gasteiger partial charge >= 0.3 is 0 Å². The molecule has 3 heterocycles. The van der Waals surface area contributed by atoms with E-state index in [1.807, 2.05) is 18.2 Å². The Bertz CT molecular complexity index is 802. The largest absolute Gasteiger partial charge is 0.372 e. The van der Waals surface area contributed by atoms with Crippen LogP contribution in [0.4, 0.5) is 0 Å². The first-order valence-corrected chi connectivity index (χ1v) is 10.5. The number of hydrogen-bond acceptors (Lipinski definition) is 5. The smallest absolute Gasteiger partial charge is 0.145 e. The fourth-order valence-corrected chi connectivity index (χ4v) is 4.86. The van der Waals surface area contributed by atoms with E-state index in [2.05, 4.69) is 15.4 Å². The van der Waals surface area contributed by atoms with Gasteiger partial charge in [0, 0.05) is 49.3 Å². The summed E-state index contributed by atoms with van der Waals surface area (Å²) < 4.78 is 12.1. The normalized spacial score (nSPS) is 25.7. The van der Waals surface area contributed by atoms with Gasteiger partial charge in [-0.3, -0.25) is 4.90 Å². The Balaban J connectivity index is 1.39. The summed E-state index contributed by atoms with van der Waals surface area (Å²) in [6.45, 7) is 4.71. The second-order valence-corrected chi connectivity index (χ2v) is 8.58. The van der Waals surface area contributed by atoms with Crippen LogP contribution < -0.4 is 5.32 Å². The third-order valence-corrected chi connectivity index (χ3v) is 6.50. The van der Waals surface area contributed by atoms with Crippen LogP contribution in [-0.4, -0.2) is 48.4 Å². The molecule has 2 saturated heterocycles. The number of halogens is 2. The molecule has 0 radical (unpaired) electrons. The van der Waals surface area contributed by atoms with Gasteiger partial charge in [-0.15, -0.1) is 0 Å². The van der Waals surface area contributed by atoms with Gasteiger partial charge in [-0.25, -0.2) is 0 Å². The van der Waals surface area contributed by atoms with Crippen LogP contribution in [0.2, 0.25) is 10.0 Å². The highest BCUT2D eigenvalue weighted by atomic mass is 35.5. The van der Waals surface area contributed by atoms with E-state index in [1.54, 1.807) is 0 Å². The van der Waals surface area contributed by atoms with Gasteiger partial charge in [0.1, 0.15) is 11.5 Å². The first-order chi connectivity index (χ1) is 13.2. The zero-order chi connectivity index (χ0) is 18.4. The molecule has 1 aromatic heterocycles. The predicted molar refractivity (Wildman–Crippen MR) is 105 cm³/mol. The zero-order valence-corrected chi connectivity index (χ0v) is 16.6. The highest BCUT2D eigenvalue weighted by Crippen LogP contribution is 2.46. The van der Waals surface area contributed by atoms with E-state index in [9.17, 15) is 0 Å². The molecule has 0 spiro atoms. The van der Waals surface area contributed by atoms with Crippen molar-refractivity contribution in [3.63, 3.8) is 0 Å². The minimum Gasteiger partial charge on any atom is -0.372 e. The summed E-state index contributed by atoms with van der Waals surface area (Å²) in [5, 5.41) is 8.99. The minimum atomic E-state index is 0.242. The van der Waals surface area contributed by atoms with Crippen molar-refractivity contribution < 1.29 is 9.26 Å². The molecule has 3 fully saturated rings. The molecule has 0 unspecified atom stereocenters. The fourth-order valence-electron chi connectivity index (χ4n) is 4.29. The van der Waals surface area contributed by atoms with Gasteiger partial charge in [-0.1, -0.05) is 34.4 Å². The number of hydrogen-bond donors (Lipinski definition) is 1. The molecule has 1 N–H and O–H groups in total. The standard InChI is InChI=1S/C20H23Cl2N3O2/c21-16-2-1-3-17(22)18(16)19-15(20(27-24-19)12-4-5-12)11-26-14-8-13-9-23-6-7-25(13)10-14/h1-3,12-14,23H,4-11H2/t13-,14+/m1/s1. The summed E-state index contributed by atoms with van der Waals surface area (Å²) in [5.41, 5.74) is 2.48. The van der Waals surface area contributed by atoms with E-state index in [0.717, 1.165) is 68.0 Å². The molecule has 0 amide bonds. The molecule has 5 nitrogen and oxygen atoms in total. The van der Waals surface area contributed by atoms with Gasteiger partial charge in [0.2, 0.25) is 0 Å². The lowest BCUT2D eigenvalue weighted by Gasteiger charge is -2.29. The lowest BCUT2D eigenvalue weighted by molar-refractivity contribution is 0.0463. The van der Waals surface area contributed by atoms with Crippen molar-refractivity contribution >= 4 is 23.2 Å². The molecule has 3 aliphatic rings. The van der Waals surface area contributed by atoms with Crippen LogP contribution >= 0.6 is 23.2 Å². The average molecular weight is 408 g/mol. The molecular formula is C20H23Cl2N3O2. The highest BCUT2D eigenvalue weighted by molar-refractivity contribution is 6.39. The molecule has 144 valence electrons. The Morgan fingerprint density at radius 3 is 2.81 bits per heavy atom. The molecule has 1 aromatic carbocycles. The number of aromatic nitrogens is 1. The van der Waals surface area contributed by atoms with Crippen molar-refractivity contribution in [3.05, 3.63) is 39.6 Å². The van der Waals surface area contributed by atoms with E-state index in [-0.39, 0.29) is 6.10 Å². The number of benzene rings is 1. The number of ether oxygens (including phenoxy) is 1. The summed E-state index contributed by atoms with van der Waals surface area (Å²) in [7, 11) is 0. The van der Waals surface area contributed by atoms with Gasteiger partial charge in [-0.2, -0.15) is 0 Å². The van der Waals surface area contributed by atoms with E-state index >= 15 is 0 Å². The molecule has 2 aromatic rings. The number of fused-ring (bicyclic) bond motifs is 1. The van der Waals surface area contributed by atoms with Crippen LogP contribution in [0.1, 0.15) is 36.5 Å². The van der Waals surface area contributed by atoms with E-state index in [0.29, 0.717) is 28.6 Å². The van der Waals surface area contributed by atoms with Crippen LogP contribution in [0.5, 0.6) is 0 Å². The van der Waals surface area contributed by atoms with Crippen LogP contribution in [-0.2, 0) is 11.3 Å². The SMILES string of the molecule is Clc1cccc(Cl)c1-c1noc(C2CC2)c1CO[C@H]1C[C@@H]2CNCCN2C1. The third-order valence-electron chi connectivity index (χ3n) is 5.87. The summed E-state index contributed by atoms with van der Waals surface area (Å²) in [6, 6.07) is 6.10. The average Bonchev–Trinajstić information content (AvgIpc) is 3.28. The Morgan fingerprint density at radius 2 is 2.07 bits per heavy atom. The first-order valence-electron chi connectivity index (χ1n) is 9.70. The topological polar surface area (TPSA) is 50.5 Å². The molecule has 7 heteroatoms. The first kappa shape index (κ1) is 18.0. The van der Waals surface area contributed by atoms with Crippen molar-refractivity contribution in [1.82, 2.24) is 15.4 Å². The van der Waals surface area contributed by atoms with Gasteiger partial charge in [-0.05, 0) is 31.4 Å². The second-order valence-electron chi connectivity index (χ2n) is 7.77. The molecular weight excluding hydrogens is 385 g/mol. The fraction of sp³-hybridized carbons (Fsp3) is 0.550. The zero-order valence-electron chi connectivity index (χ0n) is 15.1. The van der Waals surface area contributed by atoms with Crippen molar-refractivity contribution in [2.75, 3.05) is 26.2 Å². The van der Waals surface area contributed by atoms with Gasteiger partial charge in [0.15, 0.2) is 0 Å². The monoisotopic (exact) mass is 407 g/mol. The maximum atomic E-state index is 6.43. The third kappa shape index (κ3) is 3.52. The Kier molecular flexibility index (Phi) is 4.90. The highest BCUT2D eigenvalue weighted by Gasteiger charge is 2.36. The number of nitrogens with zero attached hydrogens (tertiary/aromatic N) is 2. The van der Waals surface area contributed by atoms with Crippen LogP contribution in [0.25, 0.3) is 11.3 Å². The summed E-state index contributed by atoms with van der Waals surface area (Å²) in [4.78, 5) is 2.53. The van der Waals surface area contributed by atoms with Crippen LogP contribution in [0, 0.1) is 0 Å². The number of nitrogens with one attached hydrogen (secondary N) is 1.